The van der Waals surface area contributed by atoms with Crippen LogP contribution in [0.1, 0.15) is 20.3 Å². The van der Waals surface area contributed by atoms with Crippen molar-refractivity contribution in [2.24, 2.45) is 11.8 Å². The van der Waals surface area contributed by atoms with Gasteiger partial charge in [0.15, 0.2) is 0 Å². The van der Waals surface area contributed by atoms with Crippen LogP contribution in [0.4, 0.5) is 0 Å². The molecule has 1 aliphatic rings. The topological polar surface area (TPSA) is 55.8 Å². The summed E-state index contributed by atoms with van der Waals surface area (Å²) in [4.78, 5) is 25.0. The highest BCUT2D eigenvalue weighted by Gasteiger charge is 2.27. The van der Waals surface area contributed by atoms with Crippen molar-refractivity contribution in [2.45, 2.75) is 20.3 Å². The fourth-order valence-corrected chi connectivity index (χ4v) is 2.41. The maximum atomic E-state index is 11.7. The first-order valence-electron chi connectivity index (χ1n) is 6.10. The van der Waals surface area contributed by atoms with E-state index < -0.39 is 11.9 Å². The van der Waals surface area contributed by atoms with E-state index in [2.05, 4.69) is 18.6 Å². The van der Waals surface area contributed by atoms with Crippen LogP contribution in [0.5, 0.6) is 0 Å². The predicted molar refractivity (Wildman–Crippen MR) is 66.6 cm³/mol. The lowest BCUT2D eigenvalue weighted by Gasteiger charge is -2.36. The standard InChI is InChI=1S/C13H21NO4/c1-9-5-10(2)8-14(7-9)11(13(16)18-4)6-12(15)17-3/h6,9-10H,5,7-8H2,1-4H3/b11-6+. The molecular weight excluding hydrogens is 234 g/mol. The Balaban J connectivity index is 2.92. The molecule has 5 heteroatoms. The number of hydrogen-bond donors (Lipinski definition) is 0. The lowest BCUT2D eigenvalue weighted by atomic mass is 9.91. The van der Waals surface area contributed by atoms with Crippen LogP contribution in [0.2, 0.25) is 0 Å². The highest BCUT2D eigenvalue weighted by molar-refractivity contribution is 5.95. The van der Waals surface area contributed by atoms with Crippen molar-refractivity contribution in [1.82, 2.24) is 4.90 Å². The molecule has 1 aliphatic heterocycles. The second-order valence-corrected chi connectivity index (χ2v) is 4.90. The third-order valence-electron chi connectivity index (χ3n) is 3.06. The monoisotopic (exact) mass is 255 g/mol. The zero-order chi connectivity index (χ0) is 13.7. The quantitative estimate of drug-likeness (QED) is 0.560. The molecule has 2 atom stereocenters. The minimum atomic E-state index is -0.540. The number of likely N-dealkylation sites (tertiary alicyclic amines) is 1. The summed E-state index contributed by atoms with van der Waals surface area (Å²) in [6.45, 7) is 5.77. The van der Waals surface area contributed by atoms with Crippen molar-refractivity contribution >= 4 is 11.9 Å². The van der Waals surface area contributed by atoms with Gasteiger partial charge in [-0.3, -0.25) is 0 Å². The van der Waals surface area contributed by atoms with Crippen LogP contribution in [0.25, 0.3) is 0 Å². The first-order chi connectivity index (χ1) is 8.47. The Bertz CT molecular complexity index is 341. The Morgan fingerprint density at radius 2 is 1.67 bits per heavy atom. The zero-order valence-electron chi connectivity index (χ0n) is 11.4. The van der Waals surface area contributed by atoms with Gasteiger partial charge >= 0.3 is 11.9 Å². The molecule has 18 heavy (non-hydrogen) atoms. The summed E-state index contributed by atoms with van der Waals surface area (Å²) >= 11 is 0. The van der Waals surface area contributed by atoms with E-state index in [9.17, 15) is 9.59 Å². The number of rotatable bonds is 3. The molecule has 1 saturated heterocycles. The molecule has 0 bridgehead atoms. The Hall–Kier alpha value is -1.52. The van der Waals surface area contributed by atoms with Crippen LogP contribution in [-0.2, 0) is 19.1 Å². The number of ether oxygens (including phenoxy) is 2. The van der Waals surface area contributed by atoms with E-state index in [1.165, 1.54) is 20.3 Å². The number of methoxy groups -OCH3 is 2. The molecule has 1 heterocycles. The van der Waals surface area contributed by atoms with Crippen molar-refractivity contribution in [1.29, 1.82) is 0 Å². The molecular formula is C13H21NO4. The van der Waals surface area contributed by atoms with Crippen LogP contribution in [-0.4, -0.2) is 44.1 Å². The van der Waals surface area contributed by atoms with Gasteiger partial charge in [0, 0.05) is 13.1 Å². The maximum absolute atomic E-state index is 11.7. The third kappa shape index (κ3) is 3.75. The Morgan fingerprint density at radius 1 is 1.11 bits per heavy atom. The second kappa shape index (κ2) is 6.42. The average Bonchev–Trinajstić information content (AvgIpc) is 2.33. The van der Waals surface area contributed by atoms with Crippen LogP contribution in [0.3, 0.4) is 0 Å². The molecule has 0 aromatic carbocycles. The predicted octanol–water partition coefficient (Wildman–Crippen LogP) is 1.19. The fraction of sp³-hybridized carbons (Fsp3) is 0.692. The summed E-state index contributed by atoms with van der Waals surface area (Å²) in [6.07, 6.45) is 2.33. The van der Waals surface area contributed by atoms with Crippen molar-refractivity contribution < 1.29 is 19.1 Å². The number of nitrogens with zero attached hydrogens (tertiary/aromatic N) is 1. The summed E-state index contributed by atoms with van der Waals surface area (Å²) in [5, 5.41) is 0. The highest BCUT2D eigenvalue weighted by Crippen LogP contribution is 2.24. The molecule has 0 radical (unpaired) electrons. The fourth-order valence-electron chi connectivity index (χ4n) is 2.41. The Morgan fingerprint density at radius 3 is 2.11 bits per heavy atom. The smallest absolute Gasteiger partial charge is 0.354 e. The number of hydrogen-bond acceptors (Lipinski definition) is 5. The molecule has 1 fully saturated rings. The molecule has 0 aliphatic carbocycles. The van der Waals surface area contributed by atoms with E-state index in [4.69, 9.17) is 4.74 Å². The largest absolute Gasteiger partial charge is 0.466 e. The van der Waals surface area contributed by atoms with Crippen LogP contribution in [0, 0.1) is 11.8 Å². The highest BCUT2D eigenvalue weighted by atomic mass is 16.5. The second-order valence-electron chi connectivity index (χ2n) is 4.90. The van der Waals surface area contributed by atoms with Crippen molar-refractivity contribution in [3.05, 3.63) is 11.8 Å². The molecule has 0 aromatic rings. The minimum absolute atomic E-state index is 0.280. The van der Waals surface area contributed by atoms with E-state index in [0.717, 1.165) is 19.5 Å². The Kier molecular flexibility index (Phi) is 5.19. The van der Waals surface area contributed by atoms with Gasteiger partial charge in [-0.15, -0.1) is 0 Å². The van der Waals surface area contributed by atoms with Crippen LogP contribution in [0.15, 0.2) is 11.8 Å². The van der Waals surface area contributed by atoms with E-state index in [0.29, 0.717) is 11.8 Å². The summed E-state index contributed by atoms with van der Waals surface area (Å²) in [6, 6.07) is 0. The van der Waals surface area contributed by atoms with Crippen molar-refractivity contribution in [3.8, 4) is 0 Å². The number of carbonyl (C=O) groups excluding carboxylic acids is 2. The van der Waals surface area contributed by atoms with Gasteiger partial charge in [0.1, 0.15) is 5.70 Å². The van der Waals surface area contributed by atoms with Gasteiger partial charge in [0.25, 0.3) is 0 Å². The normalized spacial score (nSPS) is 24.7. The first kappa shape index (κ1) is 14.5. The van der Waals surface area contributed by atoms with E-state index in [-0.39, 0.29) is 5.70 Å². The van der Waals surface area contributed by atoms with Gasteiger partial charge in [0.05, 0.1) is 20.3 Å². The molecule has 5 nitrogen and oxygen atoms in total. The number of carbonyl (C=O) groups is 2. The van der Waals surface area contributed by atoms with Gasteiger partial charge in [-0.05, 0) is 18.3 Å². The first-order valence-corrected chi connectivity index (χ1v) is 6.10. The number of esters is 2. The third-order valence-corrected chi connectivity index (χ3v) is 3.06. The van der Waals surface area contributed by atoms with Gasteiger partial charge < -0.3 is 14.4 Å². The summed E-state index contributed by atoms with van der Waals surface area (Å²) < 4.78 is 9.29. The van der Waals surface area contributed by atoms with Crippen molar-refractivity contribution in [3.63, 3.8) is 0 Å². The summed E-state index contributed by atoms with van der Waals surface area (Å²) in [5.74, 6) is -0.0677. The SMILES string of the molecule is COC(=O)/C=C(\C(=O)OC)N1CC(C)CC(C)C1. The minimum Gasteiger partial charge on any atom is -0.466 e. The van der Waals surface area contributed by atoms with Gasteiger partial charge in [-0.25, -0.2) is 9.59 Å². The summed E-state index contributed by atoms with van der Waals surface area (Å²) in [5.41, 5.74) is 0.280. The van der Waals surface area contributed by atoms with E-state index in [1.54, 1.807) is 0 Å². The molecule has 0 N–H and O–H groups in total. The molecule has 2 unspecified atom stereocenters. The summed E-state index contributed by atoms with van der Waals surface area (Å²) in [7, 11) is 2.60. The van der Waals surface area contributed by atoms with Crippen LogP contribution >= 0.6 is 0 Å². The average molecular weight is 255 g/mol. The Labute approximate surface area is 108 Å². The lowest BCUT2D eigenvalue weighted by Crippen LogP contribution is -2.40. The molecule has 1 rings (SSSR count). The van der Waals surface area contributed by atoms with E-state index in [1.807, 2.05) is 4.90 Å². The number of piperidine rings is 1. The molecule has 102 valence electrons. The molecule has 0 spiro atoms. The molecule has 0 saturated carbocycles. The van der Waals surface area contributed by atoms with Gasteiger partial charge in [-0.2, -0.15) is 0 Å². The van der Waals surface area contributed by atoms with Crippen LogP contribution < -0.4 is 0 Å². The van der Waals surface area contributed by atoms with Gasteiger partial charge in [-0.1, -0.05) is 13.8 Å². The molecule has 0 amide bonds. The van der Waals surface area contributed by atoms with Gasteiger partial charge in [0.2, 0.25) is 0 Å². The van der Waals surface area contributed by atoms with E-state index >= 15 is 0 Å². The lowest BCUT2D eigenvalue weighted by molar-refractivity contribution is -0.140. The maximum Gasteiger partial charge on any atom is 0.354 e. The van der Waals surface area contributed by atoms with Crippen molar-refractivity contribution in [2.75, 3.05) is 27.3 Å². The zero-order valence-corrected chi connectivity index (χ0v) is 11.4. The molecule has 0 aromatic heterocycles.